The van der Waals surface area contributed by atoms with E-state index in [9.17, 15) is 9.59 Å². The molecule has 0 aliphatic rings. The molecule has 0 atom stereocenters. The summed E-state index contributed by atoms with van der Waals surface area (Å²) in [5, 5.41) is 4.44. The lowest BCUT2D eigenvalue weighted by Gasteiger charge is -2.02. The van der Waals surface area contributed by atoms with Gasteiger partial charge in [0.1, 0.15) is 5.69 Å². The Labute approximate surface area is 159 Å². The Morgan fingerprint density at radius 3 is 2.81 bits per heavy atom. The quantitative estimate of drug-likeness (QED) is 0.626. The molecule has 1 amide bonds. The maximum Gasteiger partial charge on any atom is 0.357 e. The Hall–Kier alpha value is -2.38. The SMILES string of the molecule is COC(=O)c1nc(NC(=O)c2cc3c(Cl)cccc3[nH]2)sc1CC(C)C. The highest BCUT2D eigenvalue weighted by Gasteiger charge is 2.21. The van der Waals surface area contributed by atoms with Crippen LogP contribution in [0.4, 0.5) is 5.13 Å². The number of benzene rings is 1. The Bertz CT molecular complexity index is 977. The first-order valence-corrected chi connectivity index (χ1v) is 9.25. The number of aromatic amines is 1. The average molecular weight is 392 g/mol. The van der Waals surface area contributed by atoms with Crippen molar-refractivity contribution < 1.29 is 14.3 Å². The van der Waals surface area contributed by atoms with Gasteiger partial charge in [-0.05, 0) is 30.5 Å². The van der Waals surface area contributed by atoms with Gasteiger partial charge in [-0.2, -0.15) is 0 Å². The third-order valence-electron chi connectivity index (χ3n) is 3.75. The molecule has 0 bridgehead atoms. The summed E-state index contributed by atoms with van der Waals surface area (Å²) in [7, 11) is 1.31. The molecule has 0 radical (unpaired) electrons. The zero-order valence-electron chi connectivity index (χ0n) is 14.6. The smallest absolute Gasteiger partial charge is 0.357 e. The summed E-state index contributed by atoms with van der Waals surface area (Å²) in [6.07, 6.45) is 0.681. The number of amides is 1. The van der Waals surface area contributed by atoms with Gasteiger partial charge in [-0.3, -0.25) is 10.1 Å². The zero-order valence-corrected chi connectivity index (χ0v) is 16.1. The number of esters is 1. The molecule has 6 nitrogen and oxygen atoms in total. The van der Waals surface area contributed by atoms with Crippen LogP contribution in [0.25, 0.3) is 10.9 Å². The number of hydrogen-bond donors (Lipinski definition) is 2. The summed E-state index contributed by atoms with van der Waals surface area (Å²) >= 11 is 7.43. The Balaban J connectivity index is 1.87. The van der Waals surface area contributed by atoms with Gasteiger partial charge in [-0.25, -0.2) is 9.78 Å². The van der Waals surface area contributed by atoms with Crippen LogP contribution < -0.4 is 5.32 Å². The molecule has 8 heteroatoms. The summed E-state index contributed by atoms with van der Waals surface area (Å²) in [6.45, 7) is 4.10. The van der Waals surface area contributed by atoms with Gasteiger partial charge >= 0.3 is 5.97 Å². The van der Waals surface area contributed by atoms with E-state index in [1.807, 2.05) is 26.0 Å². The third kappa shape index (κ3) is 3.73. The molecule has 3 aromatic rings. The Kier molecular flexibility index (Phi) is 5.29. The average Bonchev–Trinajstić information content (AvgIpc) is 3.18. The fourth-order valence-corrected chi connectivity index (χ4v) is 3.96. The van der Waals surface area contributed by atoms with Crippen molar-refractivity contribution in [2.75, 3.05) is 12.4 Å². The predicted octanol–water partition coefficient (Wildman–Crippen LogP) is 4.52. The number of thiazole rings is 1. The number of halogens is 1. The standard InChI is InChI=1S/C18H18ClN3O3S/c1-9(2)7-14-15(17(24)25-3)21-18(26-14)22-16(23)13-8-10-11(19)5-4-6-12(10)20-13/h4-6,8-9,20H,7H2,1-3H3,(H,21,22,23). The van der Waals surface area contributed by atoms with E-state index < -0.39 is 5.97 Å². The number of ether oxygens (including phenoxy) is 1. The minimum Gasteiger partial charge on any atom is -0.464 e. The molecule has 2 heterocycles. The number of aromatic nitrogens is 2. The number of anilines is 1. The first-order valence-electron chi connectivity index (χ1n) is 8.05. The molecular weight excluding hydrogens is 374 g/mol. The highest BCUT2D eigenvalue weighted by molar-refractivity contribution is 7.16. The monoisotopic (exact) mass is 391 g/mol. The minimum absolute atomic E-state index is 0.251. The number of methoxy groups -OCH3 is 1. The summed E-state index contributed by atoms with van der Waals surface area (Å²) in [5.41, 5.74) is 1.40. The Morgan fingerprint density at radius 1 is 1.38 bits per heavy atom. The number of nitrogens with zero attached hydrogens (tertiary/aromatic N) is 1. The lowest BCUT2D eigenvalue weighted by atomic mass is 10.1. The maximum absolute atomic E-state index is 12.5. The zero-order chi connectivity index (χ0) is 18.8. The molecule has 0 saturated carbocycles. The van der Waals surface area contributed by atoms with Crippen LogP contribution in [0.3, 0.4) is 0 Å². The molecule has 136 valence electrons. The molecule has 0 spiro atoms. The first-order chi connectivity index (χ1) is 12.4. The third-order valence-corrected chi connectivity index (χ3v) is 5.07. The van der Waals surface area contributed by atoms with Crippen molar-refractivity contribution in [1.82, 2.24) is 9.97 Å². The minimum atomic E-state index is -0.505. The van der Waals surface area contributed by atoms with Crippen LogP contribution in [0.1, 0.15) is 39.7 Å². The molecule has 0 aliphatic heterocycles. The van der Waals surface area contributed by atoms with E-state index in [2.05, 4.69) is 15.3 Å². The Morgan fingerprint density at radius 2 is 2.15 bits per heavy atom. The van der Waals surface area contributed by atoms with Crippen LogP contribution in [-0.2, 0) is 11.2 Å². The van der Waals surface area contributed by atoms with Crippen LogP contribution in [0, 0.1) is 5.92 Å². The van der Waals surface area contributed by atoms with Crippen LogP contribution in [0.15, 0.2) is 24.3 Å². The molecule has 26 heavy (non-hydrogen) atoms. The summed E-state index contributed by atoms with van der Waals surface area (Å²) in [4.78, 5) is 32.5. The van der Waals surface area contributed by atoms with Gasteiger partial charge in [0.05, 0.1) is 7.11 Å². The van der Waals surface area contributed by atoms with E-state index in [0.29, 0.717) is 28.2 Å². The number of carbonyl (C=O) groups excluding carboxylic acids is 2. The van der Waals surface area contributed by atoms with Crippen LogP contribution in [0.2, 0.25) is 5.02 Å². The van der Waals surface area contributed by atoms with Gasteiger partial charge < -0.3 is 9.72 Å². The molecule has 2 aromatic heterocycles. The largest absolute Gasteiger partial charge is 0.464 e. The van der Waals surface area contributed by atoms with Crippen LogP contribution in [0.5, 0.6) is 0 Å². The van der Waals surface area contributed by atoms with Crippen molar-refractivity contribution in [2.45, 2.75) is 20.3 Å². The molecule has 0 fully saturated rings. The number of H-pyrrole nitrogens is 1. The van der Waals surface area contributed by atoms with Gasteiger partial charge in [-0.1, -0.05) is 31.5 Å². The second kappa shape index (κ2) is 7.47. The van der Waals surface area contributed by atoms with Gasteiger partial charge in [0.2, 0.25) is 0 Å². The van der Waals surface area contributed by atoms with Gasteiger partial charge in [0, 0.05) is 20.8 Å². The van der Waals surface area contributed by atoms with E-state index in [1.165, 1.54) is 18.4 Å². The van der Waals surface area contributed by atoms with Crippen LogP contribution >= 0.6 is 22.9 Å². The van der Waals surface area contributed by atoms with E-state index in [-0.39, 0.29) is 11.6 Å². The van der Waals surface area contributed by atoms with Crippen LogP contribution in [-0.4, -0.2) is 29.0 Å². The molecular formula is C18H18ClN3O3S. The number of carbonyl (C=O) groups is 2. The summed E-state index contributed by atoms with van der Waals surface area (Å²) in [6, 6.07) is 7.11. The number of nitrogens with one attached hydrogen (secondary N) is 2. The van der Waals surface area contributed by atoms with Crippen molar-refractivity contribution in [1.29, 1.82) is 0 Å². The van der Waals surface area contributed by atoms with E-state index in [4.69, 9.17) is 16.3 Å². The molecule has 0 saturated heterocycles. The summed E-state index contributed by atoms with van der Waals surface area (Å²) in [5.74, 6) is -0.508. The lowest BCUT2D eigenvalue weighted by Crippen LogP contribution is -2.12. The normalized spacial score (nSPS) is 11.1. The van der Waals surface area contributed by atoms with Crippen molar-refractivity contribution in [3.63, 3.8) is 0 Å². The molecule has 0 aliphatic carbocycles. The second-order valence-corrected chi connectivity index (χ2v) is 7.71. The molecule has 1 aromatic carbocycles. The van der Waals surface area contributed by atoms with E-state index in [1.54, 1.807) is 12.1 Å². The topological polar surface area (TPSA) is 84.1 Å². The van der Waals surface area contributed by atoms with Crippen molar-refractivity contribution in [3.8, 4) is 0 Å². The van der Waals surface area contributed by atoms with E-state index >= 15 is 0 Å². The van der Waals surface area contributed by atoms with Crippen molar-refractivity contribution in [2.24, 2.45) is 5.92 Å². The lowest BCUT2D eigenvalue weighted by molar-refractivity contribution is 0.0593. The highest BCUT2D eigenvalue weighted by Crippen LogP contribution is 2.28. The van der Waals surface area contributed by atoms with Crippen molar-refractivity contribution >= 4 is 50.8 Å². The first kappa shape index (κ1) is 18.4. The van der Waals surface area contributed by atoms with E-state index in [0.717, 1.165) is 15.8 Å². The van der Waals surface area contributed by atoms with Gasteiger partial charge in [-0.15, -0.1) is 11.3 Å². The molecule has 2 N–H and O–H groups in total. The fourth-order valence-electron chi connectivity index (χ4n) is 2.58. The number of hydrogen-bond acceptors (Lipinski definition) is 5. The maximum atomic E-state index is 12.5. The highest BCUT2D eigenvalue weighted by atomic mass is 35.5. The summed E-state index contributed by atoms with van der Waals surface area (Å²) < 4.78 is 4.79. The molecule has 0 unspecified atom stereocenters. The van der Waals surface area contributed by atoms with Gasteiger partial charge in [0.15, 0.2) is 10.8 Å². The number of rotatable bonds is 5. The predicted molar refractivity (Wildman–Crippen MR) is 103 cm³/mol. The van der Waals surface area contributed by atoms with Gasteiger partial charge in [0.25, 0.3) is 5.91 Å². The molecule has 3 rings (SSSR count). The number of fused-ring (bicyclic) bond motifs is 1. The fraction of sp³-hybridized carbons (Fsp3) is 0.278. The van der Waals surface area contributed by atoms with Crippen molar-refractivity contribution in [3.05, 3.63) is 45.6 Å². The second-order valence-electron chi connectivity index (χ2n) is 6.22.